The van der Waals surface area contributed by atoms with Crippen LogP contribution in [0.2, 0.25) is 0 Å². The quantitative estimate of drug-likeness (QED) is 0.0727. The van der Waals surface area contributed by atoms with Gasteiger partial charge in [-0.05, 0) is 6.92 Å². The Bertz CT molecular complexity index is 1440. The smallest absolute Gasteiger partial charge is 0.364 e. The number of carbonyl (C=O) groups is 4. The summed E-state index contributed by atoms with van der Waals surface area (Å²) in [5.74, 6) is -7.30. The highest BCUT2D eigenvalue weighted by molar-refractivity contribution is 5.77. The highest BCUT2D eigenvalue weighted by Gasteiger charge is 2.58. The summed E-state index contributed by atoms with van der Waals surface area (Å²) in [7, 11) is 0. The molecular weight excluding hydrogens is 806 g/mol. The molecule has 26 nitrogen and oxygen atoms in total. The minimum atomic E-state index is -3.09. The Hall–Kier alpha value is -2.84. The van der Waals surface area contributed by atoms with Gasteiger partial charge in [0.15, 0.2) is 18.9 Å². The summed E-state index contributed by atoms with van der Waals surface area (Å²) < 4.78 is 39.9. The van der Waals surface area contributed by atoms with Crippen molar-refractivity contribution in [3.63, 3.8) is 0 Å². The van der Waals surface area contributed by atoms with Crippen molar-refractivity contribution in [1.82, 2.24) is 16.0 Å². The van der Waals surface area contributed by atoms with Gasteiger partial charge < -0.3 is 110 Å². The number of ether oxygens (including phenoxy) is 7. The lowest BCUT2D eigenvalue weighted by atomic mass is 9.87. The van der Waals surface area contributed by atoms with Crippen LogP contribution >= 0.6 is 0 Å². The third kappa shape index (κ3) is 11.0. The molecule has 4 aliphatic rings. The molecule has 4 rings (SSSR count). The zero-order valence-electron chi connectivity index (χ0n) is 32.2. The molecule has 4 aliphatic heterocycles. The number of carboxylic acid groups (broad SMARTS) is 1. The van der Waals surface area contributed by atoms with E-state index in [1.165, 1.54) is 6.92 Å². The van der Waals surface area contributed by atoms with Gasteiger partial charge in [0.2, 0.25) is 17.7 Å². The van der Waals surface area contributed by atoms with Crippen LogP contribution in [0.15, 0.2) is 0 Å². The molecule has 4 fully saturated rings. The largest absolute Gasteiger partial charge is 0.477 e. The van der Waals surface area contributed by atoms with Gasteiger partial charge in [0, 0.05) is 27.2 Å². The van der Waals surface area contributed by atoms with E-state index in [-0.39, 0.29) is 0 Å². The van der Waals surface area contributed by atoms with E-state index in [0.717, 1.165) is 20.8 Å². The molecule has 21 atom stereocenters. The summed E-state index contributed by atoms with van der Waals surface area (Å²) in [6, 6.07) is -4.62. The van der Waals surface area contributed by atoms with Crippen LogP contribution in [0.1, 0.15) is 34.1 Å². The Morgan fingerprint density at radius 3 is 1.68 bits per heavy atom. The van der Waals surface area contributed by atoms with Crippen molar-refractivity contribution in [3.05, 3.63) is 0 Å². The fourth-order valence-electron chi connectivity index (χ4n) is 7.38. The third-order valence-electron chi connectivity index (χ3n) is 10.3. The average Bonchev–Trinajstić information content (AvgIpc) is 3.16. The maximum atomic E-state index is 12.4. The van der Waals surface area contributed by atoms with Crippen LogP contribution in [0.25, 0.3) is 0 Å². The monoisotopic (exact) mass is 861 g/mol. The number of nitrogens with one attached hydrogen (secondary N) is 3. The minimum Gasteiger partial charge on any atom is -0.477 e. The van der Waals surface area contributed by atoms with Gasteiger partial charge in [-0.25, -0.2) is 4.79 Å². The van der Waals surface area contributed by atoms with Gasteiger partial charge in [0.05, 0.1) is 44.1 Å². The van der Waals surface area contributed by atoms with E-state index in [0.29, 0.717) is 0 Å². The van der Waals surface area contributed by atoms with Crippen LogP contribution in [0.3, 0.4) is 0 Å². The molecular formula is C33H55N3O23. The number of hydrogen-bond donors (Lipinski definition) is 15. The number of rotatable bonds is 15. The topological polar surface area (TPSA) is 412 Å². The molecule has 0 bridgehead atoms. The lowest BCUT2D eigenvalue weighted by Gasteiger charge is -2.50. The zero-order chi connectivity index (χ0) is 44.3. The van der Waals surface area contributed by atoms with Crippen LogP contribution in [-0.2, 0) is 52.3 Å². The normalized spacial score (nSPS) is 43.8. The number of hydrogen-bond acceptors (Lipinski definition) is 22. The molecule has 4 heterocycles. The number of aliphatic hydroxyl groups excluding tert-OH is 10. The van der Waals surface area contributed by atoms with Gasteiger partial charge in [-0.1, -0.05) is 0 Å². The summed E-state index contributed by atoms with van der Waals surface area (Å²) in [4.78, 5) is 49.1. The predicted octanol–water partition coefficient (Wildman–Crippen LogP) is -9.08. The van der Waals surface area contributed by atoms with E-state index in [9.17, 15) is 80.5 Å². The number of carbonyl (C=O) groups excluding carboxylic acids is 3. The van der Waals surface area contributed by atoms with Crippen LogP contribution < -0.4 is 16.0 Å². The molecule has 15 N–H and O–H groups in total. The van der Waals surface area contributed by atoms with E-state index in [1.807, 2.05) is 0 Å². The molecule has 0 aromatic carbocycles. The van der Waals surface area contributed by atoms with Crippen molar-refractivity contribution >= 4 is 23.7 Å². The van der Waals surface area contributed by atoms with Crippen LogP contribution in [0, 0.1) is 0 Å². The second-order valence-electron chi connectivity index (χ2n) is 14.8. The Kier molecular flexibility index (Phi) is 16.8. The number of carboxylic acids is 1. The van der Waals surface area contributed by atoms with Gasteiger partial charge in [0.1, 0.15) is 79.3 Å². The molecule has 59 heavy (non-hydrogen) atoms. The molecule has 3 amide bonds. The van der Waals surface area contributed by atoms with Crippen molar-refractivity contribution in [2.24, 2.45) is 0 Å². The summed E-state index contributed by atoms with van der Waals surface area (Å²) >= 11 is 0. The second-order valence-corrected chi connectivity index (χ2v) is 14.8. The highest BCUT2D eigenvalue weighted by Crippen LogP contribution is 2.37. The van der Waals surface area contributed by atoms with Gasteiger partial charge in [-0.3, -0.25) is 14.4 Å². The maximum absolute atomic E-state index is 12.4. The maximum Gasteiger partial charge on any atom is 0.364 e. The van der Waals surface area contributed by atoms with Crippen molar-refractivity contribution in [3.8, 4) is 0 Å². The Labute approximate surface area is 335 Å². The number of amides is 3. The molecule has 0 unspecified atom stereocenters. The van der Waals surface area contributed by atoms with Crippen molar-refractivity contribution in [1.29, 1.82) is 0 Å². The standard InChI is InChI=1S/C33H55N3O23/c1-9(40)17(34-10(2)41)27-18(35-11(3)42)13(5-33(52,59-27)32(50)51)53-30-25(49)23(47)26(16(8-39)56-30)57-29-19(36-12(4)43)28(21(45)15(7-38)54-29)58-31-24(48)22(46)20(44)14(6-37)55-31/h9,13-31,37-40,44-49,52H,5-8H2,1-4H3,(H,34,41)(H,35,42)(H,36,43)(H,50,51)/t9-,13+,14-,15-,16-,17-,18-,19-,20+,21+,22+,23-,24-,25-,26+,27+,28-,29+,30+,31+,33-/m1/s1. The van der Waals surface area contributed by atoms with Gasteiger partial charge in [-0.2, -0.15) is 0 Å². The molecule has 4 saturated heterocycles. The first-order valence-corrected chi connectivity index (χ1v) is 18.6. The zero-order valence-corrected chi connectivity index (χ0v) is 32.2. The van der Waals surface area contributed by atoms with Gasteiger partial charge in [0.25, 0.3) is 5.79 Å². The average molecular weight is 862 g/mol. The van der Waals surface area contributed by atoms with Gasteiger partial charge >= 0.3 is 5.97 Å². The molecule has 0 saturated carbocycles. The van der Waals surface area contributed by atoms with Crippen molar-refractivity contribution in [2.45, 2.75) is 162 Å². The number of aliphatic carboxylic acids is 1. The van der Waals surface area contributed by atoms with Crippen molar-refractivity contribution < 1.29 is 114 Å². The Morgan fingerprint density at radius 2 is 1.15 bits per heavy atom. The minimum absolute atomic E-state index is 0.719. The van der Waals surface area contributed by atoms with Crippen LogP contribution in [0.5, 0.6) is 0 Å². The molecule has 26 heteroatoms. The highest BCUT2D eigenvalue weighted by atomic mass is 16.8. The lowest BCUT2D eigenvalue weighted by molar-refractivity contribution is -0.372. The summed E-state index contributed by atoms with van der Waals surface area (Å²) in [5, 5.41) is 134. The van der Waals surface area contributed by atoms with E-state index in [2.05, 4.69) is 16.0 Å². The molecule has 340 valence electrons. The number of aliphatic hydroxyl groups is 11. The first-order chi connectivity index (χ1) is 27.6. The van der Waals surface area contributed by atoms with Crippen molar-refractivity contribution in [2.75, 3.05) is 19.8 Å². The fourth-order valence-corrected chi connectivity index (χ4v) is 7.38. The Morgan fingerprint density at radius 1 is 0.661 bits per heavy atom. The fraction of sp³-hybridized carbons (Fsp3) is 0.879. The Balaban J connectivity index is 1.63. The van der Waals surface area contributed by atoms with E-state index in [4.69, 9.17) is 33.2 Å². The van der Waals surface area contributed by atoms with Crippen LogP contribution in [0.4, 0.5) is 0 Å². The predicted molar refractivity (Wildman–Crippen MR) is 184 cm³/mol. The first-order valence-electron chi connectivity index (χ1n) is 18.6. The van der Waals surface area contributed by atoms with E-state index in [1.54, 1.807) is 0 Å². The molecule has 0 radical (unpaired) electrons. The molecule has 0 aromatic rings. The second kappa shape index (κ2) is 20.4. The summed E-state index contributed by atoms with van der Waals surface area (Å²) in [5.41, 5.74) is 0. The first kappa shape index (κ1) is 48.8. The summed E-state index contributed by atoms with van der Waals surface area (Å²) in [6.45, 7) is 1.57. The summed E-state index contributed by atoms with van der Waals surface area (Å²) in [6.07, 6.45) is -31.8. The van der Waals surface area contributed by atoms with Gasteiger partial charge in [-0.15, -0.1) is 0 Å². The SMILES string of the molecule is CC(=O)N[C@H]1[C@H](O[C@@H]2[C@H](O)[C@@H](O)[C@@H](O[C@H]3C[C@](O)(C(=O)O)O[C@@H]([C@H](NC(C)=O)[C@@H](C)O)[C@@H]3NC(C)=O)O[C@@H]2CO)O[C@H](CO)[C@H](O)[C@@H]1O[C@@H]1O[C@H](CO)[C@H](O)[C@H](O)[C@H]1O. The molecule has 0 aliphatic carbocycles. The molecule has 0 aromatic heterocycles. The van der Waals surface area contributed by atoms with E-state index < -0.39 is 178 Å². The third-order valence-corrected chi connectivity index (χ3v) is 10.3. The lowest BCUT2D eigenvalue weighted by Crippen LogP contribution is -2.71. The van der Waals surface area contributed by atoms with E-state index >= 15 is 0 Å². The molecule has 0 spiro atoms. The van der Waals surface area contributed by atoms with Crippen LogP contribution in [-0.4, -0.2) is 233 Å².